The van der Waals surface area contributed by atoms with Crippen LogP contribution in [-0.2, 0) is 4.79 Å². The molecule has 1 aromatic rings. The van der Waals surface area contributed by atoms with Crippen molar-refractivity contribution in [3.05, 3.63) is 24.4 Å². The number of hydrogen-bond donors (Lipinski definition) is 1. The van der Waals surface area contributed by atoms with Crippen LogP contribution in [0.4, 0.5) is 5.82 Å². The maximum absolute atomic E-state index is 12.3. The molecule has 5 nitrogen and oxygen atoms in total. The van der Waals surface area contributed by atoms with Crippen molar-refractivity contribution in [2.75, 3.05) is 37.6 Å². The highest BCUT2D eigenvalue weighted by Crippen LogP contribution is 2.17. The second-order valence-corrected chi connectivity index (χ2v) is 6.71. The van der Waals surface area contributed by atoms with Gasteiger partial charge in [0.05, 0.1) is 6.54 Å². The Morgan fingerprint density at radius 1 is 1.09 bits per heavy atom. The largest absolute Gasteiger partial charge is 0.354 e. The summed E-state index contributed by atoms with van der Waals surface area (Å²) in [4.78, 5) is 21.2. The summed E-state index contributed by atoms with van der Waals surface area (Å²) in [6, 6.07) is 6.42. The van der Waals surface area contributed by atoms with Gasteiger partial charge in [0.25, 0.3) is 0 Å². The average molecular weight is 316 g/mol. The molecule has 0 spiro atoms. The molecule has 2 aliphatic rings. The van der Waals surface area contributed by atoms with Gasteiger partial charge in [-0.25, -0.2) is 4.98 Å². The minimum absolute atomic E-state index is 0.197. The van der Waals surface area contributed by atoms with Gasteiger partial charge in [-0.05, 0) is 25.0 Å². The van der Waals surface area contributed by atoms with Crippen molar-refractivity contribution >= 4 is 11.7 Å². The molecule has 1 aliphatic carbocycles. The Kier molecular flexibility index (Phi) is 5.86. The first kappa shape index (κ1) is 16.2. The number of anilines is 1. The van der Waals surface area contributed by atoms with Crippen LogP contribution < -0.4 is 10.2 Å². The van der Waals surface area contributed by atoms with Crippen LogP contribution in [0.1, 0.15) is 38.5 Å². The first-order valence-corrected chi connectivity index (χ1v) is 8.99. The van der Waals surface area contributed by atoms with Crippen molar-refractivity contribution in [1.29, 1.82) is 0 Å². The maximum Gasteiger partial charge on any atom is 0.234 e. The third kappa shape index (κ3) is 4.93. The molecule has 1 N–H and O–H groups in total. The Morgan fingerprint density at radius 2 is 1.83 bits per heavy atom. The van der Waals surface area contributed by atoms with E-state index >= 15 is 0 Å². The number of carbonyl (C=O) groups excluding carboxylic acids is 1. The van der Waals surface area contributed by atoms with Gasteiger partial charge in [0.15, 0.2) is 0 Å². The number of hydrogen-bond acceptors (Lipinski definition) is 4. The van der Waals surface area contributed by atoms with Crippen LogP contribution in [0, 0.1) is 0 Å². The van der Waals surface area contributed by atoms with Gasteiger partial charge in [0.2, 0.25) is 5.91 Å². The second-order valence-electron chi connectivity index (χ2n) is 6.71. The molecule has 126 valence electrons. The van der Waals surface area contributed by atoms with Crippen LogP contribution in [0.2, 0.25) is 0 Å². The molecule has 0 unspecified atom stereocenters. The molecule has 23 heavy (non-hydrogen) atoms. The van der Waals surface area contributed by atoms with Crippen LogP contribution in [0.3, 0.4) is 0 Å². The molecule has 0 atom stereocenters. The van der Waals surface area contributed by atoms with Gasteiger partial charge in [-0.2, -0.15) is 0 Å². The summed E-state index contributed by atoms with van der Waals surface area (Å²) in [6.45, 7) is 4.26. The van der Waals surface area contributed by atoms with Crippen molar-refractivity contribution in [1.82, 2.24) is 15.2 Å². The Bertz CT molecular complexity index is 477. The molecule has 1 amide bonds. The summed E-state index contributed by atoms with van der Waals surface area (Å²) in [7, 11) is 0. The lowest BCUT2D eigenvalue weighted by atomic mass is 10.1. The fourth-order valence-corrected chi connectivity index (χ4v) is 3.58. The first-order valence-electron chi connectivity index (χ1n) is 8.99. The predicted octanol–water partition coefficient (Wildman–Crippen LogP) is 2.04. The summed E-state index contributed by atoms with van der Waals surface area (Å²) < 4.78 is 0. The molecule has 3 rings (SSSR count). The van der Waals surface area contributed by atoms with Gasteiger partial charge in [0.1, 0.15) is 5.82 Å². The Labute approximate surface area is 139 Å². The average Bonchev–Trinajstić information content (AvgIpc) is 2.85. The number of nitrogens with one attached hydrogen (secondary N) is 1. The van der Waals surface area contributed by atoms with Gasteiger partial charge >= 0.3 is 0 Å². The topological polar surface area (TPSA) is 48.5 Å². The Hall–Kier alpha value is -1.62. The Balaban J connectivity index is 1.40. The number of rotatable bonds is 4. The third-order valence-electron chi connectivity index (χ3n) is 4.93. The molecule has 0 bridgehead atoms. The number of nitrogens with zero attached hydrogens (tertiary/aromatic N) is 3. The van der Waals surface area contributed by atoms with Crippen LogP contribution in [0.5, 0.6) is 0 Å². The third-order valence-corrected chi connectivity index (χ3v) is 4.93. The van der Waals surface area contributed by atoms with E-state index < -0.39 is 0 Å². The van der Waals surface area contributed by atoms with Crippen LogP contribution >= 0.6 is 0 Å². The SMILES string of the molecule is O=C(CN1CCN(c2ccccn2)CC1)NC1CCCCCC1. The van der Waals surface area contributed by atoms with Crippen molar-refractivity contribution in [2.24, 2.45) is 0 Å². The molecule has 1 aliphatic heterocycles. The van der Waals surface area contributed by atoms with Crippen molar-refractivity contribution in [3.8, 4) is 0 Å². The van der Waals surface area contributed by atoms with E-state index in [9.17, 15) is 4.79 Å². The lowest BCUT2D eigenvalue weighted by Crippen LogP contribution is -2.50. The first-order chi connectivity index (χ1) is 11.3. The summed E-state index contributed by atoms with van der Waals surface area (Å²) in [5.74, 6) is 1.23. The molecule has 2 heterocycles. The molecule has 0 aromatic carbocycles. The number of piperazine rings is 1. The molecule has 2 fully saturated rings. The number of amides is 1. The minimum Gasteiger partial charge on any atom is -0.354 e. The van der Waals surface area contributed by atoms with Gasteiger partial charge in [-0.3, -0.25) is 9.69 Å². The van der Waals surface area contributed by atoms with Crippen molar-refractivity contribution in [2.45, 2.75) is 44.6 Å². The number of carbonyl (C=O) groups is 1. The summed E-state index contributed by atoms with van der Waals surface area (Å²) >= 11 is 0. The normalized spacial score (nSPS) is 21.0. The molecule has 0 radical (unpaired) electrons. The zero-order valence-corrected chi connectivity index (χ0v) is 13.9. The fourth-order valence-electron chi connectivity index (χ4n) is 3.58. The van der Waals surface area contributed by atoms with E-state index in [-0.39, 0.29) is 5.91 Å². The standard InChI is InChI=1S/C18H28N4O/c23-18(20-16-7-3-1-2-4-8-16)15-21-11-13-22(14-12-21)17-9-5-6-10-19-17/h5-6,9-10,16H,1-4,7-8,11-15H2,(H,20,23). The van der Waals surface area contributed by atoms with E-state index in [1.165, 1.54) is 25.7 Å². The smallest absolute Gasteiger partial charge is 0.234 e. The predicted molar refractivity (Wildman–Crippen MR) is 92.5 cm³/mol. The lowest BCUT2D eigenvalue weighted by Gasteiger charge is -2.35. The fraction of sp³-hybridized carbons (Fsp3) is 0.667. The quantitative estimate of drug-likeness (QED) is 0.864. The van der Waals surface area contributed by atoms with E-state index in [1.807, 2.05) is 18.3 Å². The van der Waals surface area contributed by atoms with E-state index in [1.54, 1.807) is 0 Å². The minimum atomic E-state index is 0.197. The number of pyridine rings is 1. The summed E-state index contributed by atoms with van der Waals surface area (Å²) in [5, 5.41) is 3.24. The second kappa shape index (κ2) is 8.29. The van der Waals surface area contributed by atoms with E-state index in [0.717, 1.165) is 44.8 Å². The molecule has 1 saturated carbocycles. The van der Waals surface area contributed by atoms with Crippen LogP contribution in [0.15, 0.2) is 24.4 Å². The lowest BCUT2D eigenvalue weighted by molar-refractivity contribution is -0.123. The highest BCUT2D eigenvalue weighted by Gasteiger charge is 2.21. The highest BCUT2D eigenvalue weighted by molar-refractivity contribution is 5.78. The van der Waals surface area contributed by atoms with Gasteiger partial charge in [-0.15, -0.1) is 0 Å². The van der Waals surface area contributed by atoms with Gasteiger partial charge in [0, 0.05) is 38.4 Å². The van der Waals surface area contributed by atoms with Gasteiger partial charge < -0.3 is 10.2 Å². The maximum atomic E-state index is 12.3. The monoisotopic (exact) mass is 316 g/mol. The summed E-state index contributed by atoms with van der Waals surface area (Å²) in [6.07, 6.45) is 9.30. The molecule has 1 aromatic heterocycles. The number of aromatic nitrogens is 1. The van der Waals surface area contributed by atoms with Crippen molar-refractivity contribution < 1.29 is 4.79 Å². The molecule has 5 heteroatoms. The molecular weight excluding hydrogens is 288 g/mol. The zero-order valence-electron chi connectivity index (χ0n) is 13.9. The Morgan fingerprint density at radius 3 is 2.48 bits per heavy atom. The molecular formula is C18H28N4O. The molecule has 1 saturated heterocycles. The van der Waals surface area contributed by atoms with E-state index in [0.29, 0.717) is 12.6 Å². The van der Waals surface area contributed by atoms with Crippen LogP contribution in [0.25, 0.3) is 0 Å². The van der Waals surface area contributed by atoms with E-state index in [4.69, 9.17) is 0 Å². The summed E-state index contributed by atoms with van der Waals surface area (Å²) in [5.41, 5.74) is 0. The van der Waals surface area contributed by atoms with Gasteiger partial charge in [-0.1, -0.05) is 31.7 Å². The zero-order chi connectivity index (χ0) is 15.9. The van der Waals surface area contributed by atoms with Crippen LogP contribution in [-0.4, -0.2) is 54.6 Å². The highest BCUT2D eigenvalue weighted by atomic mass is 16.2. The van der Waals surface area contributed by atoms with Crippen molar-refractivity contribution in [3.63, 3.8) is 0 Å². The van der Waals surface area contributed by atoms with E-state index in [2.05, 4.69) is 26.2 Å².